The number of carboxylic acid groups (broad SMARTS) is 1. The van der Waals surface area contributed by atoms with Crippen molar-refractivity contribution >= 4 is 59.8 Å². The van der Waals surface area contributed by atoms with Gasteiger partial charge in [-0.1, -0.05) is 0 Å². The molecule has 22 heteroatoms. The van der Waals surface area contributed by atoms with Gasteiger partial charge in [-0.3, -0.25) is 24.5 Å². The molecule has 2 heterocycles. The molecule has 0 aromatic rings. The molecule has 0 spiro atoms. The molecule has 1 unspecified atom stereocenters. The maximum absolute atomic E-state index is 12.5. The van der Waals surface area contributed by atoms with Gasteiger partial charge in [-0.15, -0.1) is 0 Å². The highest BCUT2D eigenvalue weighted by Crippen LogP contribution is 2.28. The van der Waals surface area contributed by atoms with E-state index in [0.29, 0.717) is 35.8 Å². The van der Waals surface area contributed by atoms with Gasteiger partial charge < -0.3 is 44.8 Å². The number of carboxylic acids is 1. The van der Waals surface area contributed by atoms with Crippen molar-refractivity contribution < 1.29 is 76.8 Å². The molecule has 0 aromatic carbocycles. The van der Waals surface area contributed by atoms with Crippen molar-refractivity contribution in [3.63, 3.8) is 0 Å². The maximum Gasteiger partial charge on any atom is 0.409 e. The molecule has 0 aromatic heterocycles. The average Bonchev–Trinajstić information content (AvgIpc) is 3.58. The molecule has 352 valence electrons. The van der Waals surface area contributed by atoms with E-state index in [-0.39, 0.29) is 51.6 Å². The number of nitrogens with zero attached hydrogens (tertiary/aromatic N) is 2. The molecular weight excluding hydrogens is 820 g/mol. The number of hydrogen-bond acceptors (Lipinski definition) is 15. The molecular formula is C40H66N6O16. The van der Waals surface area contributed by atoms with E-state index < -0.39 is 93.9 Å². The van der Waals surface area contributed by atoms with E-state index in [1.54, 1.807) is 83.1 Å². The van der Waals surface area contributed by atoms with Crippen LogP contribution in [0.5, 0.6) is 0 Å². The number of aliphatic carboxylic acids is 1. The summed E-state index contributed by atoms with van der Waals surface area (Å²) in [6, 6.07) is -1.10. The summed E-state index contributed by atoms with van der Waals surface area (Å²) >= 11 is 0. The number of hydroxylamine groups is 2. The minimum Gasteiger partial charge on any atom is -0.478 e. The molecule has 0 bridgehead atoms. The van der Waals surface area contributed by atoms with Crippen molar-refractivity contribution in [1.29, 1.82) is 0 Å². The van der Waals surface area contributed by atoms with Gasteiger partial charge in [0.2, 0.25) is 23.3 Å². The number of nitrogens with one attached hydrogen (secondary N) is 4. The van der Waals surface area contributed by atoms with Crippen LogP contribution in [0.3, 0.4) is 0 Å². The quantitative estimate of drug-likeness (QED) is 0.0634. The highest BCUT2D eigenvalue weighted by atomic mass is 16.7. The largest absolute Gasteiger partial charge is 0.478 e. The normalized spacial score (nSPS) is 15.9. The first-order chi connectivity index (χ1) is 28.2. The van der Waals surface area contributed by atoms with E-state index in [0.717, 1.165) is 0 Å². The van der Waals surface area contributed by atoms with Crippen molar-refractivity contribution in [2.75, 3.05) is 19.6 Å². The molecule has 0 saturated carbocycles. The lowest BCUT2D eigenvalue weighted by Crippen LogP contribution is -2.67. The van der Waals surface area contributed by atoms with Crippen LogP contribution >= 0.6 is 0 Å². The van der Waals surface area contributed by atoms with Gasteiger partial charge in [0.05, 0.1) is 6.54 Å². The summed E-state index contributed by atoms with van der Waals surface area (Å²) in [5.41, 5.74) is -5.22. The molecule has 2 saturated heterocycles. The Balaban J connectivity index is 0.000000620. The van der Waals surface area contributed by atoms with Gasteiger partial charge in [0, 0.05) is 38.8 Å². The van der Waals surface area contributed by atoms with Crippen LogP contribution in [0.2, 0.25) is 0 Å². The van der Waals surface area contributed by atoms with Gasteiger partial charge in [0.1, 0.15) is 28.4 Å². The van der Waals surface area contributed by atoms with Crippen molar-refractivity contribution in [3.05, 3.63) is 0 Å². The molecule has 0 aliphatic carbocycles. The van der Waals surface area contributed by atoms with Crippen molar-refractivity contribution in [2.45, 2.75) is 175 Å². The number of likely N-dealkylation sites (tertiary alicyclic amines) is 1. The fourth-order valence-corrected chi connectivity index (χ4v) is 5.46. The molecule has 2 fully saturated rings. The van der Waals surface area contributed by atoms with Crippen molar-refractivity contribution in [2.24, 2.45) is 0 Å². The van der Waals surface area contributed by atoms with E-state index in [2.05, 4.69) is 21.3 Å². The minimum absolute atomic E-state index is 0.0254. The van der Waals surface area contributed by atoms with Gasteiger partial charge in [-0.25, -0.2) is 33.7 Å². The Morgan fingerprint density at radius 1 is 0.613 bits per heavy atom. The summed E-state index contributed by atoms with van der Waals surface area (Å²) in [5.74, 6) is -5.34. The van der Waals surface area contributed by atoms with E-state index in [4.69, 9.17) is 23.8 Å². The zero-order chi connectivity index (χ0) is 47.9. The topological polar surface area (TPSA) is 292 Å². The third kappa shape index (κ3) is 20.7. The van der Waals surface area contributed by atoms with Gasteiger partial charge in [0.15, 0.2) is 0 Å². The summed E-state index contributed by atoms with van der Waals surface area (Å²) < 4.78 is 20.6. The number of alkyl carbamates (subject to hydrolysis) is 4. The van der Waals surface area contributed by atoms with Gasteiger partial charge in [-0.2, -0.15) is 5.06 Å². The molecule has 62 heavy (non-hydrogen) atoms. The first-order valence-electron chi connectivity index (χ1n) is 20.4. The lowest BCUT2D eigenvalue weighted by molar-refractivity contribution is -0.194. The van der Waals surface area contributed by atoms with E-state index >= 15 is 0 Å². The van der Waals surface area contributed by atoms with Crippen molar-refractivity contribution in [1.82, 2.24) is 31.2 Å². The first kappa shape index (κ1) is 54.3. The minimum atomic E-state index is -2.28. The lowest BCUT2D eigenvalue weighted by Gasteiger charge is -2.37. The molecule has 5 N–H and O–H groups in total. The van der Waals surface area contributed by atoms with E-state index in [9.17, 15) is 53.1 Å². The number of unbranched alkanes of at least 4 members (excludes halogenated alkanes) is 2. The fraction of sp³-hybridized carbons (Fsp3) is 0.750. The lowest BCUT2D eigenvalue weighted by atomic mass is 10.00. The Morgan fingerprint density at radius 2 is 1.05 bits per heavy atom. The van der Waals surface area contributed by atoms with Crippen LogP contribution in [0.4, 0.5) is 19.2 Å². The summed E-state index contributed by atoms with van der Waals surface area (Å²) in [4.78, 5) is 126. The summed E-state index contributed by atoms with van der Waals surface area (Å²) in [6.45, 7) is 20.7. The standard InChI is InChI=1S/2C20H33N3O8/c1-18(2,3)30-16(28)21-12-8-7-11-20(15(26)27,22-17(29)31-19(4,5)6)23-13(24)9-10-14(23)25;1-19(2,3)29-17(27)21-11-8-7-9-13(22-18(28)30-20(4,5)6)16(26)31-23-12-10-14(24)15(23)25/h7-12H2,1-6H3,(H,21,28)(H,22,29)(H,26,27);13H,7-12H2,1-6H3,(H,21,27)(H,22,28)/t20-;/m0./s1. The highest BCUT2D eigenvalue weighted by molar-refractivity contribution is 6.37. The molecule has 2 aliphatic heterocycles. The Labute approximate surface area is 362 Å². The zero-order valence-electron chi connectivity index (χ0n) is 38.0. The van der Waals surface area contributed by atoms with Gasteiger partial charge in [-0.05, 0) is 115 Å². The summed E-state index contributed by atoms with van der Waals surface area (Å²) in [7, 11) is 0. The predicted octanol–water partition coefficient (Wildman–Crippen LogP) is 3.97. The molecule has 22 nitrogen and oxygen atoms in total. The van der Waals surface area contributed by atoms with Gasteiger partial charge >= 0.3 is 42.2 Å². The Kier molecular flexibility index (Phi) is 20.1. The van der Waals surface area contributed by atoms with Crippen LogP contribution in [0, 0.1) is 0 Å². The number of ketones is 1. The smallest absolute Gasteiger partial charge is 0.409 e. The second kappa shape index (κ2) is 22.9. The number of ether oxygens (including phenoxy) is 4. The van der Waals surface area contributed by atoms with Crippen LogP contribution in [0.1, 0.15) is 141 Å². The first-order valence-corrected chi connectivity index (χ1v) is 20.4. The third-order valence-electron chi connectivity index (χ3n) is 7.90. The monoisotopic (exact) mass is 886 g/mol. The van der Waals surface area contributed by atoms with Gasteiger partial charge in [0.25, 0.3) is 0 Å². The molecule has 0 radical (unpaired) electrons. The second-order valence-electron chi connectivity index (χ2n) is 18.4. The predicted molar refractivity (Wildman–Crippen MR) is 218 cm³/mol. The average molecular weight is 887 g/mol. The Morgan fingerprint density at radius 3 is 1.47 bits per heavy atom. The number of carbonyl (C=O) groups excluding carboxylic acids is 9. The van der Waals surface area contributed by atoms with Crippen LogP contribution in [-0.4, -0.2) is 129 Å². The second-order valence-corrected chi connectivity index (χ2v) is 18.4. The summed E-state index contributed by atoms with van der Waals surface area (Å²) in [6.07, 6.45) is -1.99. The Bertz CT molecular complexity index is 1640. The number of amides is 7. The number of hydrogen-bond donors (Lipinski definition) is 5. The van der Waals surface area contributed by atoms with E-state index in [1.807, 2.05) is 0 Å². The van der Waals surface area contributed by atoms with Crippen LogP contribution < -0.4 is 21.3 Å². The maximum atomic E-state index is 12.5. The number of imide groups is 1. The SMILES string of the molecule is CC(C)(C)OC(=O)NCCCCC(NC(=O)OC(C)(C)C)C(=O)ON1CCC(=O)C1=O.CC(C)(C)OC(=O)NCCCC[C@@](NC(=O)OC(C)(C)C)(C(=O)O)N1C(=O)CCC1=O. The molecule has 2 rings (SSSR count). The highest BCUT2D eigenvalue weighted by Gasteiger charge is 2.53. The molecule has 2 aliphatic rings. The number of carbonyl (C=O) groups is 10. The molecule has 7 amide bonds. The zero-order valence-corrected chi connectivity index (χ0v) is 38.0. The van der Waals surface area contributed by atoms with Crippen LogP contribution in [0.15, 0.2) is 0 Å². The van der Waals surface area contributed by atoms with Crippen molar-refractivity contribution in [3.8, 4) is 0 Å². The van der Waals surface area contributed by atoms with Crippen LogP contribution in [-0.2, 0) is 52.6 Å². The summed E-state index contributed by atoms with van der Waals surface area (Å²) in [5, 5.41) is 20.4. The number of rotatable bonds is 16. The fourth-order valence-electron chi connectivity index (χ4n) is 5.46. The number of Topliss-reactive ketones (excluding diaryl/α,β-unsaturated/α-hetero) is 1. The third-order valence-corrected chi connectivity index (χ3v) is 7.90. The van der Waals surface area contributed by atoms with E-state index in [1.165, 1.54) is 0 Å². The molecule has 2 atom stereocenters. The Hall–Kier alpha value is -5.70. The van der Waals surface area contributed by atoms with Crippen LogP contribution in [0.25, 0.3) is 0 Å².